The molecule has 0 nitrogen and oxygen atoms in total. The van der Waals surface area contributed by atoms with Gasteiger partial charge in [-0.3, -0.25) is 0 Å². The van der Waals surface area contributed by atoms with E-state index in [0.717, 1.165) is 0 Å². The lowest BCUT2D eigenvalue weighted by Crippen LogP contribution is -1.88. The zero-order valence-electron chi connectivity index (χ0n) is 14.2. The molecule has 0 saturated heterocycles. The molecular formula is C21H28S2. The third kappa shape index (κ3) is 7.99. The molecule has 2 rings (SSSR count). The largest absolute Gasteiger partial charge is 0.126 e. The van der Waals surface area contributed by atoms with Crippen molar-refractivity contribution in [1.82, 2.24) is 0 Å². The molecule has 0 saturated carbocycles. The Morgan fingerprint density at radius 1 is 0.652 bits per heavy atom. The minimum absolute atomic E-state index is 1.22. The topological polar surface area (TPSA) is 0 Å². The summed E-state index contributed by atoms with van der Waals surface area (Å²) in [6, 6.07) is 19.9. The quantitative estimate of drug-likeness (QED) is 0.315. The summed E-state index contributed by atoms with van der Waals surface area (Å²) in [6.45, 7) is 2.25. The molecule has 0 aliphatic heterocycles. The van der Waals surface area contributed by atoms with Gasteiger partial charge < -0.3 is 0 Å². The van der Waals surface area contributed by atoms with Crippen molar-refractivity contribution in [2.24, 2.45) is 0 Å². The second kappa shape index (κ2) is 11.6. The first-order chi connectivity index (χ1) is 11.4. The van der Waals surface area contributed by atoms with Crippen LogP contribution >= 0.6 is 23.5 Å². The van der Waals surface area contributed by atoms with Gasteiger partial charge in [-0.25, -0.2) is 0 Å². The highest BCUT2D eigenvalue weighted by Crippen LogP contribution is 2.21. The number of hydrogen-bond donors (Lipinski definition) is 0. The minimum atomic E-state index is 1.22. The number of rotatable bonds is 11. The number of unbranched alkanes of at least 4 members (excludes halogenated alkanes) is 3. The average molecular weight is 345 g/mol. The molecule has 23 heavy (non-hydrogen) atoms. The van der Waals surface area contributed by atoms with Crippen LogP contribution in [-0.4, -0.2) is 11.5 Å². The Kier molecular flexibility index (Phi) is 9.35. The molecule has 2 aromatic carbocycles. The summed E-state index contributed by atoms with van der Waals surface area (Å²) in [5.74, 6) is 2.48. The Bertz CT molecular complexity index is 519. The van der Waals surface area contributed by atoms with E-state index >= 15 is 0 Å². The van der Waals surface area contributed by atoms with Gasteiger partial charge >= 0.3 is 0 Å². The molecule has 0 spiro atoms. The molecule has 0 aliphatic rings. The maximum Gasteiger partial charge on any atom is 0.00721 e. The summed E-state index contributed by atoms with van der Waals surface area (Å²) in [7, 11) is 0. The van der Waals surface area contributed by atoms with Crippen LogP contribution < -0.4 is 0 Å². The van der Waals surface area contributed by atoms with Gasteiger partial charge in [0.2, 0.25) is 0 Å². The van der Waals surface area contributed by atoms with Gasteiger partial charge in [0.15, 0.2) is 0 Å². The van der Waals surface area contributed by atoms with Crippen molar-refractivity contribution in [1.29, 1.82) is 0 Å². The molecule has 0 heterocycles. The second-order valence-electron chi connectivity index (χ2n) is 5.82. The molecular weight excluding hydrogens is 316 g/mol. The van der Waals surface area contributed by atoms with E-state index in [9.17, 15) is 0 Å². The first kappa shape index (κ1) is 18.5. The lowest BCUT2D eigenvalue weighted by Gasteiger charge is -2.05. The molecule has 124 valence electrons. The Labute approximate surface area is 150 Å². The Morgan fingerprint density at radius 2 is 1.30 bits per heavy atom. The maximum absolute atomic E-state index is 2.31. The third-order valence-corrected chi connectivity index (χ3v) is 6.01. The van der Waals surface area contributed by atoms with Crippen LogP contribution in [0.25, 0.3) is 0 Å². The summed E-state index contributed by atoms with van der Waals surface area (Å²) < 4.78 is 0. The van der Waals surface area contributed by atoms with E-state index in [-0.39, 0.29) is 0 Å². The van der Waals surface area contributed by atoms with Crippen LogP contribution in [0.5, 0.6) is 0 Å². The maximum atomic E-state index is 2.31. The molecule has 0 bridgehead atoms. The minimum Gasteiger partial charge on any atom is -0.126 e. The highest BCUT2D eigenvalue weighted by molar-refractivity contribution is 7.99. The lowest BCUT2D eigenvalue weighted by atomic mass is 10.1. The zero-order valence-corrected chi connectivity index (χ0v) is 15.8. The highest BCUT2D eigenvalue weighted by Gasteiger charge is 1.97. The van der Waals surface area contributed by atoms with E-state index in [1.165, 1.54) is 65.4 Å². The van der Waals surface area contributed by atoms with Crippen LogP contribution in [-0.2, 0) is 6.42 Å². The van der Waals surface area contributed by atoms with Gasteiger partial charge in [-0.15, -0.1) is 23.5 Å². The predicted molar refractivity (Wildman–Crippen MR) is 107 cm³/mol. The average Bonchev–Trinajstić information content (AvgIpc) is 2.60. The predicted octanol–water partition coefficient (Wildman–Crippen LogP) is 7.08. The number of thioether (sulfide) groups is 2. The van der Waals surface area contributed by atoms with E-state index in [1.807, 2.05) is 23.5 Å². The molecule has 0 atom stereocenters. The molecule has 0 aromatic heterocycles. The molecule has 2 heteroatoms. The van der Waals surface area contributed by atoms with Crippen LogP contribution in [0, 0.1) is 0 Å². The van der Waals surface area contributed by atoms with E-state index in [2.05, 4.69) is 61.5 Å². The summed E-state index contributed by atoms with van der Waals surface area (Å²) in [4.78, 5) is 2.81. The van der Waals surface area contributed by atoms with Gasteiger partial charge in [-0.1, -0.05) is 50.1 Å². The van der Waals surface area contributed by atoms with E-state index < -0.39 is 0 Å². The fourth-order valence-corrected chi connectivity index (χ4v) is 4.33. The highest BCUT2D eigenvalue weighted by atomic mass is 32.2. The first-order valence-corrected chi connectivity index (χ1v) is 10.7. The fraction of sp³-hybridized carbons (Fsp3) is 0.429. The van der Waals surface area contributed by atoms with Gasteiger partial charge in [-0.05, 0) is 67.0 Å². The Balaban J connectivity index is 1.55. The smallest absolute Gasteiger partial charge is 0.00721 e. The number of hydrogen-bond acceptors (Lipinski definition) is 2. The monoisotopic (exact) mass is 344 g/mol. The summed E-state index contributed by atoms with van der Waals surface area (Å²) in [5.41, 5.74) is 1.49. The Hall–Kier alpha value is -0.860. The molecule has 2 aromatic rings. The number of aryl methyl sites for hydroxylation is 1. The van der Waals surface area contributed by atoms with Crippen LogP contribution in [0.3, 0.4) is 0 Å². The molecule has 0 unspecified atom stereocenters. The van der Waals surface area contributed by atoms with Crippen molar-refractivity contribution in [2.75, 3.05) is 11.5 Å². The van der Waals surface area contributed by atoms with Crippen molar-refractivity contribution >= 4 is 23.5 Å². The lowest BCUT2D eigenvalue weighted by molar-refractivity contribution is 0.722. The standard InChI is InChI=1S/C21H28S2/c1-2-3-17-22-21-15-13-19(14-16-21)10-6-5-9-18-23-20-11-7-4-8-12-20/h4,7-8,11-16H,2-3,5-6,9-10,17-18H2,1H3. The summed E-state index contributed by atoms with van der Waals surface area (Å²) in [5, 5.41) is 0. The van der Waals surface area contributed by atoms with Crippen molar-refractivity contribution in [2.45, 2.75) is 55.2 Å². The summed E-state index contributed by atoms with van der Waals surface area (Å²) >= 11 is 3.96. The number of benzene rings is 2. The molecule has 0 fully saturated rings. The first-order valence-electron chi connectivity index (χ1n) is 8.78. The van der Waals surface area contributed by atoms with Crippen LogP contribution in [0.2, 0.25) is 0 Å². The van der Waals surface area contributed by atoms with Crippen LogP contribution in [0.1, 0.15) is 44.6 Å². The van der Waals surface area contributed by atoms with Gasteiger partial charge in [0.05, 0.1) is 0 Å². The SMILES string of the molecule is CCCCSc1ccc(CCCCCSc2ccccc2)cc1. The van der Waals surface area contributed by atoms with E-state index in [1.54, 1.807) is 0 Å². The Morgan fingerprint density at radius 3 is 2.00 bits per heavy atom. The third-order valence-electron chi connectivity index (χ3n) is 3.81. The van der Waals surface area contributed by atoms with Gasteiger partial charge in [0.25, 0.3) is 0 Å². The van der Waals surface area contributed by atoms with Crippen molar-refractivity contribution in [3.8, 4) is 0 Å². The van der Waals surface area contributed by atoms with Crippen LogP contribution in [0.15, 0.2) is 64.4 Å². The van der Waals surface area contributed by atoms with E-state index in [4.69, 9.17) is 0 Å². The normalized spacial score (nSPS) is 10.8. The van der Waals surface area contributed by atoms with Gasteiger partial charge in [-0.2, -0.15) is 0 Å². The van der Waals surface area contributed by atoms with Crippen molar-refractivity contribution in [3.63, 3.8) is 0 Å². The summed E-state index contributed by atoms with van der Waals surface area (Å²) in [6.07, 6.45) is 7.76. The van der Waals surface area contributed by atoms with Crippen LogP contribution in [0.4, 0.5) is 0 Å². The van der Waals surface area contributed by atoms with E-state index in [0.29, 0.717) is 0 Å². The second-order valence-corrected chi connectivity index (χ2v) is 8.15. The molecule has 0 aliphatic carbocycles. The van der Waals surface area contributed by atoms with Crippen molar-refractivity contribution < 1.29 is 0 Å². The van der Waals surface area contributed by atoms with Gasteiger partial charge in [0.1, 0.15) is 0 Å². The van der Waals surface area contributed by atoms with Gasteiger partial charge in [0, 0.05) is 9.79 Å². The zero-order chi connectivity index (χ0) is 16.2. The molecule has 0 radical (unpaired) electrons. The molecule has 0 N–H and O–H groups in total. The van der Waals surface area contributed by atoms with Crippen molar-refractivity contribution in [3.05, 3.63) is 60.2 Å². The fourth-order valence-electron chi connectivity index (χ4n) is 2.40. The molecule has 0 amide bonds.